The molecule has 0 bridgehead atoms. The molecule has 0 radical (unpaired) electrons. The molecule has 0 spiro atoms. The van der Waals surface area contributed by atoms with E-state index in [2.05, 4.69) is 25.6 Å². The Hall–Kier alpha value is -3.56. The number of carbonyl (C=O) groups is 1. The predicted molar refractivity (Wildman–Crippen MR) is 88.4 cm³/mol. The highest BCUT2D eigenvalue weighted by molar-refractivity contribution is 5.97. The minimum absolute atomic E-state index is 0.0111. The summed E-state index contributed by atoms with van der Waals surface area (Å²) in [6.07, 6.45) is 0. The number of hydrogen-bond acceptors (Lipinski definition) is 8. The fraction of sp³-hybridized carbons (Fsp3) is 0.143. The van der Waals surface area contributed by atoms with Gasteiger partial charge in [0, 0.05) is 11.8 Å². The molecule has 2 aromatic rings. The van der Waals surface area contributed by atoms with Crippen molar-refractivity contribution in [1.82, 2.24) is 9.97 Å². The summed E-state index contributed by atoms with van der Waals surface area (Å²) in [7, 11) is 0. The lowest BCUT2D eigenvalue weighted by Crippen LogP contribution is -2.28. The van der Waals surface area contributed by atoms with Crippen molar-refractivity contribution in [3.63, 3.8) is 0 Å². The average molecular weight is 330 g/mol. The number of nitrogens with two attached hydrogens (primary N) is 1. The third kappa shape index (κ3) is 2.97. The molecule has 2 heterocycles. The summed E-state index contributed by atoms with van der Waals surface area (Å²) in [5.74, 6) is -1.21. The van der Waals surface area contributed by atoms with Crippen molar-refractivity contribution >= 4 is 34.8 Å². The summed E-state index contributed by atoms with van der Waals surface area (Å²) in [6, 6.07) is 4.14. The van der Waals surface area contributed by atoms with Gasteiger partial charge in [-0.3, -0.25) is 9.78 Å². The molecule has 10 nitrogen and oxygen atoms in total. The number of aromatic amines is 1. The normalized spacial score (nSPS) is 12.8. The summed E-state index contributed by atoms with van der Waals surface area (Å²) >= 11 is 0. The van der Waals surface area contributed by atoms with Crippen LogP contribution in [-0.4, -0.2) is 45.0 Å². The van der Waals surface area contributed by atoms with Crippen LogP contribution in [0.5, 0.6) is 5.75 Å². The van der Waals surface area contributed by atoms with Crippen LogP contribution in [0.25, 0.3) is 0 Å². The van der Waals surface area contributed by atoms with Gasteiger partial charge in [0.1, 0.15) is 11.3 Å². The molecule has 1 aliphatic heterocycles. The van der Waals surface area contributed by atoms with E-state index in [-0.39, 0.29) is 22.9 Å². The maximum atomic E-state index is 11.8. The SMILES string of the molecule is Nc1nc2c(c(=O)[nH]1)N=C(CNc1ccc(C(=O)O)c(O)c1)CN2. The van der Waals surface area contributed by atoms with E-state index in [0.29, 0.717) is 30.3 Å². The van der Waals surface area contributed by atoms with Crippen LogP contribution in [0.4, 0.5) is 23.1 Å². The number of aromatic nitrogens is 2. The second-order valence-electron chi connectivity index (χ2n) is 5.07. The lowest BCUT2D eigenvalue weighted by Gasteiger charge is -2.17. The maximum Gasteiger partial charge on any atom is 0.339 e. The van der Waals surface area contributed by atoms with E-state index in [9.17, 15) is 14.7 Å². The number of aliphatic imine (C=N–C) groups is 1. The fourth-order valence-electron chi connectivity index (χ4n) is 2.22. The Bertz CT molecular complexity index is 905. The van der Waals surface area contributed by atoms with E-state index in [4.69, 9.17) is 10.8 Å². The Labute approximate surface area is 135 Å². The van der Waals surface area contributed by atoms with Crippen molar-refractivity contribution in [1.29, 1.82) is 0 Å². The first-order valence-corrected chi connectivity index (χ1v) is 6.94. The first-order chi connectivity index (χ1) is 11.4. The number of nitrogens with zero attached hydrogens (tertiary/aromatic N) is 2. The standard InChI is InChI=1S/C14H14N6O4/c15-14-19-11-10(12(22)20-14)18-7(5-17-11)4-16-6-1-2-8(13(23)24)9(21)3-6/h1-3,16,21H,4-5H2,(H,23,24)(H4,15,17,19,20,22). The lowest BCUT2D eigenvalue weighted by atomic mass is 10.2. The number of hydrogen-bond donors (Lipinski definition) is 6. The first kappa shape index (κ1) is 15.3. The van der Waals surface area contributed by atoms with Crippen LogP contribution in [-0.2, 0) is 0 Å². The molecule has 0 atom stereocenters. The molecule has 3 rings (SSSR count). The number of phenols is 1. The molecule has 7 N–H and O–H groups in total. The third-order valence-corrected chi connectivity index (χ3v) is 3.37. The van der Waals surface area contributed by atoms with Crippen LogP contribution < -0.4 is 21.9 Å². The van der Waals surface area contributed by atoms with E-state index in [1.807, 2.05) is 0 Å². The number of carboxylic acid groups (broad SMARTS) is 1. The molecule has 0 unspecified atom stereocenters. The number of fused-ring (bicyclic) bond motifs is 1. The Morgan fingerprint density at radius 1 is 1.42 bits per heavy atom. The first-order valence-electron chi connectivity index (χ1n) is 6.94. The molecule has 124 valence electrons. The van der Waals surface area contributed by atoms with Gasteiger partial charge in [0.15, 0.2) is 11.5 Å². The molecule has 10 heteroatoms. The van der Waals surface area contributed by atoms with Crippen molar-refractivity contribution in [2.24, 2.45) is 4.99 Å². The van der Waals surface area contributed by atoms with E-state index >= 15 is 0 Å². The second-order valence-corrected chi connectivity index (χ2v) is 5.07. The number of H-pyrrole nitrogens is 1. The van der Waals surface area contributed by atoms with Gasteiger partial charge >= 0.3 is 5.97 Å². The van der Waals surface area contributed by atoms with Crippen LogP contribution in [0.1, 0.15) is 10.4 Å². The van der Waals surface area contributed by atoms with E-state index < -0.39 is 11.5 Å². The summed E-state index contributed by atoms with van der Waals surface area (Å²) in [5.41, 5.74) is 6.16. The number of nitrogens with one attached hydrogen (secondary N) is 3. The van der Waals surface area contributed by atoms with Crippen molar-refractivity contribution in [3.05, 3.63) is 34.1 Å². The van der Waals surface area contributed by atoms with Gasteiger partial charge in [-0.1, -0.05) is 0 Å². The number of aromatic carboxylic acids is 1. The minimum Gasteiger partial charge on any atom is -0.507 e. The smallest absolute Gasteiger partial charge is 0.339 e. The Balaban J connectivity index is 1.76. The number of aromatic hydroxyl groups is 1. The Morgan fingerprint density at radius 2 is 2.21 bits per heavy atom. The topological polar surface area (TPSA) is 166 Å². The van der Waals surface area contributed by atoms with E-state index in [0.717, 1.165) is 0 Å². The van der Waals surface area contributed by atoms with Gasteiger partial charge in [0.25, 0.3) is 5.56 Å². The fourth-order valence-corrected chi connectivity index (χ4v) is 2.22. The zero-order chi connectivity index (χ0) is 17.3. The molecule has 0 fully saturated rings. The molecule has 24 heavy (non-hydrogen) atoms. The Kier molecular flexibility index (Phi) is 3.78. The third-order valence-electron chi connectivity index (χ3n) is 3.37. The van der Waals surface area contributed by atoms with Crippen LogP contribution in [0, 0.1) is 0 Å². The molecular weight excluding hydrogens is 316 g/mol. The number of benzene rings is 1. The zero-order valence-electron chi connectivity index (χ0n) is 12.3. The van der Waals surface area contributed by atoms with Crippen LogP contribution in [0.3, 0.4) is 0 Å². The van der Waals surface area contributed by atoms with Gasteiger partial charge in [0.2, 0.25) is 5.95 Å². The van der Waals surface area contributed by atoms with Gasteiger partial charge in [-0.25, -0.2) is 9.79 Å². The summed E-state index contributed by atoms with van der Waals surface area (Å²) in [4.78, 5) is 33.2. The summed E-state index contributed by atoms with van der Waals surface area (Å²) in [5, 5.41) is 24.5. The maximum absolute atomic E-state index is 11.8. The lowest BCUT2D eigenvalue weighted by molar-refractivity contribution is 0.0694. The molecule has 0 aliphatic carbocycles. The van der Waals surface area contributed by atoms with Gasteiger partial charge < -0.3 is 26.6 Å². The second kappa shape index (κ2) is 5.91. The van der Waals surface area contributed by atoms with Crippen LogP contribution in [0.15, 0.2) is 28.0 Å². The van der Waals surface area contributed by atoms with Gasteiger partial charge in [0.05, 0.1) is 18.8 Å². The summed E-state index contributed by atoms with van der Waals surface area (Å²) < 4.78 is 0. The van der Waals surface area contributed by atoms with Crippen LogP contribution >= 0.6 is 0 Å². The summed E-state index contributed by atoms with van der Waals surface area (Å²) in [6.45, 7) is 0.664. The number of carboxylic acids is 1. The van der Waals surface area contributed by atoms with E-state index in [1.54, 1.807) is 0 Å². The monoisotopic (exact) mass is 330 g/mol. The van der Waals surface area contributed by atoms with Crippen molar-refractivity contribution in [2.75, 3.05) is 29.5 Å². The van der Waals surface area contributed by atoms with Gasteiger partial charge in [-0.15, -0.1) is 0 Å². The Morgan fingerprint density at radius 3 is 2.92 bits per heavy atom. The van der Waals surface area contributed by atoms with Gasteiger partial charge in [-0.05, 0) is 12.1 Å². The number of nitrogen functional groups attached to an aromatic ring is 1. The minimum atomic E-state index is -1.21. The molecule has 0 amide bonds. The largest absolute Gasteiger partial charge is 0.507 e. The van der Waals surface area contributed by atoms with Crippen LogP contribution in [0.2, 0.25) is 0 Å². The number of rotatable bonds is 4. The van der Waals surface area contributed by atoms with Gasteiger partial charge in [-0.2, -0.15) is 4.98 Å². The highest BCUT2D eigenvalue weighted by Gasteiger charge is 2.17. The molecular formula is C14H14N6O4. The predicted octanol–water partition coefficient (Wildman–Crippen LogP) is 0.366. The highest BCUT2D eigenvalue weighted by Crippen LogP contribution is 2.23. The molecule has 1 aromatic carbocycles. The molecule has 0 saturated carbocycles. The average Bonchev–Trinajstić information content (AvgIpc) is 2.52. The molecule has 1 aromatic heterocycles. The molecule has 1 aliphatic rings. The molecule has 0 saturated heterocycles. The zero-order valence-corrected chi connectivity index (χ0v) is 12.3. The quantitative estimate of drug-likeness (QED) is 0.467. The van der Waals surface area contributed by atoms with E-state index in [1.165, 1.54) is 18.2 Å². The van der Waals surface area contributed by atoms with Crippen molar-refractivity contribution in [2.45, 2.75) is 0 Å². The number of anilines is 3. The highest BCUT2D eigenvalue weighted by atomic mass is 16.4. The van der Waals surface area contributed by atoms with Crippen molar-refractivity contribution in [3.8, 4) is 5.75 Å². The van der Waals surface area contributed by atoms with Crippen molar-refractivity contribution < 1.29 is 15.0 Å².